The molecular weight excluding hydrogens is 416 g/mol. The molecule has 0 aliphatic heterocycles. The van der Waals surface area contributed by atoms with E-state index in [1.165, 1.54) is 0 Å². The van der Waals surface area contributed by atoms with E-state index >= 15 is 0 Å². The topological polar surface area (TPSA) is 161 Å². The van der Waals surface area contributed by atoms with Crippen LogP contribution in [0.3, 0.4) is 0 Å². The number of aromatic hydroxyl groups is 1. The molecule has 0 bridgehead atoms. The van der Waals surface area contributed by atoms with Crippen molar-refractivity contribution in [3.63, 3.8) is 0 Å². The summed E-state index contributed by atoms with van der Waals surface area (Å²) < 4.78 is 0. The lowest BCUT2D eigenvalue weighted by Gasteiger charge is -2.45. The molecule has 1 aromatic carbocycles. The quantitative estimate of drug-likeness (QED) is 0.332. The Morgan fingerprint density at radius 2 is 1.91 bits per heavy atom. The highest BCUT2D eigenvalue weighted by molar-refractivity contribution is 6.24. The Balaban J connectivity index is 1.96. The molecule has 3 aliphatic rings. The van der Waals surface area contributed by atoms with Crippen molar-refractivity contribution in [2.75, 3.05) is 19.0 Å². The third-order valence-corrected chi connectivity index (χ3v) is 6.68. The summed E-state index contributed by atoms with van der Waals surface area (Å²) in [4.78, 5) is 39.8. The van der Waals surface area contributed by atoms with Gasteiger partial charge in [0.25, 0.3) is 5.91 Å². The van der Waals surface area contributed by atoms with Gasteiger partial charge in [0.1, 0.15) is 22.8 Å². The number of fused-ring (bicyclic) bond motifs is 3. The van der Waals surface area contributed by atoms with Gasteiger partial charge in [-0.3, -0.25) is 14.4 Å². The van der Waals surface area contributed by atoms with E-state index in [1.807, 2.05) is 0 Å². The van der Waals surface area contributed by atoms with Crippen molar-refractivity contribution in [1.82, 2.24) is 0 Å². The number of carbonyl (C=O) groups excluding carboxylic acids is 3. The number of phenolic OH excluding ortho intramolecular Hbond substituents is 1. The van der Waals surface area contributed by atoms with Gasteiger partial charge in [0.15, 0.2) is 11.4 Å². The summed E-state index contributed by atoms with van der Waals surface area (Å²) >= 11 is 0. The molecule has 1 amide bonds. The van der Waals surface area contributed by atoms with E-state index < -0.39 is 57.8 Å². The Labute approximate surface area is 183 Å². The molecule has 0 radical (unpaired) electrons. The first kappa shape index (κ1) is 21.5. The number of aliphatic hydroxyl groups excluding tert-OH is 2. The van der Waals surface area contributed by atoms with Gasteiger partial charge >= 0.3 is 0 Å². The van der Waals surface area contributed by atoms with Crippen LogP contribution < -0.4 is 10.6 Å². The molecule has 9 nitrogen and oxygen atoms in total. The van der Waals surface area contributed by atoms with Gasteiger partial charge in [0.2, 0.25) is 5.78 Å². The van der Waals surface area contributed by atoms with E-state index in [9.17, 15) is 34.8 Å². The zero-order chi connectivity index (χ0) is 23.7. The highest BCUT2D eigenvalue weighted by Gasteiger charge is 2.59. The second kappa shape index (κ2) is 6.87. The maximum Gasteiger partial charge on any atom is 0.255 e. The summed E-state index contributed by atoms with van der Waals surface area (Å²) in [5.74, 6) is -4.35. The fourth-order valence-corrected chi connectivity index (χ4v) is 5.18. The van der Waals surface area contributed by atoms with Crippen LogP contribution in [0, 0.1) is 24.2 Å². The van der Waals surface area contributed by atoms with Gasteiger partial charge in [-0.1, -0.05) is 5.92 Å². The van der Waals surface area contributed by atoms with Crippen LogP contribution in [-0.4, -0.2) is 57.6 Å². The number of ketones is 2. The van der Waals surface area contributed by atoms with Crippen LogP contribution in [0.5, 0.6) is 5.75 Å². The van der Waals surface area contributed by atoms with Crippen molar-refractivity contribution in [3.8, 4) is 18.1 Å². The van der Waals surface area contributed by atoms with E-state index in [0.29, 0.717) is 11.3 Å². The van der Waals surface area contributed by atoms with E-state index in [1.54, 1.807) is 25.1 Å². The summed E-state index contributed by atoms with van der Waals surface area (Å²) in [5, 5.41) is 43.1. The SMILES string of the molecule is C#Cc1cc(N(C)C)c2c(c1O)C(=O)C1=C(O)[C@]3(O)C(=O)C(C(N)=O)=C(O)C[C@@H]3C[C@@H]1C2. The lowest BCUT2D eigenvalue weighted by Crippen LogP contribution is -2.57. The van der Waals surface area contributed by atoms with Crippen LogP contribution in [0.2, 0.25) is 0 Å². The first-order valence-corrected chi connectivity index (χ1v) is 9.95. The lowest BCUT2D eigenvalue weighted by atomic mass is 9.60. The normalized spacial score (nSPS) is 26.8. The highest BCUT2D eigenvalue weighted by Crippen LogP contribution is 2.52. The molecule has 6 N–H and O–H groups in total. The minimum absolute atomic E-state index is 0.0768. The van der Waals surface area contributed by atoms with Crippen LogP contribution in [0.4, 0.5) is 5.69 Å². The maximum atomic E-state index is 13.5. The Bertz CT molecular complexity index is 1220. The highest BCUT2D eigenvalue weighted by atomic mass is 16.3. The Morgan fingerprint density at radius 3 is 2.47 bits per heavy atom. The van der Waals surface area contributed by atoms with Gasteiger partial charge in [0, 0.05) is 37.7 Å². The van der Waals surface area contributed by atoms with Gasteiger partial charge in [-0.15, -0.1) is 6.42 Å². The molecule has 4 rings (SSSR count). The molecule has 0 heterocycles. The zero-order valence-corrected chi connectivity index (χ0v) is 17.5. The number of nitrogens with two attached hydrogens (primary N) is 1. The molecule has 9 heteroatoms. The summed E-state index contributed by atoms with van der Waals surface area (Å²) in [6.07, 6.45) is 5.51. The summed E-state index contributed by atoms with van der Waals surface area (Å²) in [6, 6.07) is 1.59. The number of carbonyl (C=O) groups is 3. The number of anilines is 1. The number of hydrogen-bond donors (Lipinski definition) is 5. The predicted octanol–water partition coefficient (Wildman–Crippen LogP) is 0.628. The van der Waals surface area contributed by atoms with Crippen molar-refractivity contribution in [3.05, 3.63) is 45.4 Å². The summed E-state index contributed by atoms with van der Waals surface area (Å²) in [6.45, 7) is 0. The molecule has 0 saturated carbocycles. The zero-order valence-electron chi connectivity index (χ0n) is 17.5. The van der Waals surface area contributed by atoms with Gasteiger partial charge < -0.3 is 31.1 Å². The lowest BCUT2D eigenvalue weighted by molar-refractivity contribution is -0.144. The number of terminal acetylenes is 1. The van der Waals surface area contributed by atoms with Gasteiger partial charge in [-0.25, -0.2) is 0 Å². The van der Waals surface area contributed by atoms with Crippen molar-refractivity contribution >= 4 is 23.2 Å². The minimum Gasteiger partial charge on any atom is -0.511 e. The Morgan fingerprint density at radius 1 is 1.25 bits per heavy atom. The molecule has 3 aliphatic carbocycles. The van der Waals surface area contributed by atoms with Crippen LogP contribution >= 0.6 is 0 Å². The fourth-order valence-electron chi connectivity index (χ4n) is 5.18. The molecule has 166 valence electrons. The van der Waals surface area contributed by atoms with Crippen molar-refractivity contribution in [2.45, 2.75) is 24.9 Å². The molecule has 0 aromatic heterocycles. The number of primary amides is 1. The van der Waals surface area contributed by atoms with Crippen LogP contribution in [0.25, 0.3) is 0 Å². The van der Waals surface area contributed by atoms with E-state index in [2.05, 4.69) is 5.92 Å². The van der Waals surface area contributed by atoms with Crippen LogP contribution in [0.1, 0.15) is 34.3 Å². The van der Waals surface area contributed by atoms with Gasteiger partial charge in [0.05, 0.1) is 11.1 Å². The Kier molecular flexibility index (Phi) is 4.61. The molecule has 0 saturated heterocycles. The molecule has 0 unspecified atom stereocenters. The number of amides is 1. The third kappa shape index (κ3) is 2.59. The monoisotopic (exact) mass is 438 g/mol. The smallest absolute Gasteiger partial charge is 0.255 e. The number of hydrogen-bond acceptors (Lipinski definition) is 8. The molecule has 32 heavy (non-hydrogen) atoms. The summed E-state index contributed by atoms with van der Waals surface area (Å²) in [7, 11) is 3.52. The average Bonchev–Trinajstić information content (AvgIpc) is 2.70. The number of Topliss-reactive ketones (excluding diaryl/α,β-unsaturated/α-hetero) is 2. The number of allylic oxidation sites excluding steroid dienone is 2. The van der Waals surface area contributed by atoms with Crippen molar-refractivity contribution in [1.29, 1.82) is 0 Å². The predicted molar refractivity (Wildman–Crippen MR) is 113 cm³/mol. The maximum absolute atomic E-state index is 13.5. The largest absolute Gasteiger partial charge is 0.511 e. The van der Waals surface area contributed by atoms with E-state index in [4.69, 9.17) is 12.2 Å². The standard InChI is InChI=1S/C23H22N2O7/c1-4-9-7-13(25(2)3)12-6-10-5-11-8-14(26)17(22(24)31)21(30)23(11,32)20(29)15(10)19(28)16(12)18(9)27/h1,7,10-11,26-27,29,32H,5-6,8H2,2-3H3,(H2,24,31)/t10-,11+,23+/m1/s1. The van der Waals surface area contributed by atoms with Crippen LogP contribution in [0.15, 0.2) is 28.7 Å². The van der Waals surface area contributed by atoms with Gasteiger partial charge in [-0.05, 0) is 30.4 Å². The minimum atomic E-state index is -2.58. The average molecular weight is 438 g/mol. The second-order valence-electron chi connectivity index (χ2n) is 8.59. The van der Waals surface area contributed by atoms with E-state index in [0.717, 1.165) is 0 Å². The second-order valence-corrected chi connectivity index (χ2v) is 8.59. The number of benzene rings is 1. The number of aliphatic hydroxyl groups is 3. The molecular formula is C23H22N2O7. The molecule has 1 aromatic rings. The van der Waals surface area contributed by atoms with Crippen LogP contribution in [-0.2, 0) is 16.0 Å². The first-order valence-electron chi connectivity index (χ1n) is 9.95. The summed E-state index contributed by atoms with van der Waals surface area (Å²) in [5.41, 5.74) is 2.72. The third-order valence-electron chi connectivity index (χ3n) is 6.68. The van der Waals surface area contributed by atoms with Crippen molar-refractivity contribution < 1.29 is 34.8 Å². The Hall–Kier alpha value is -3.77. The molecule has 0 fully saturated rings. The van der Waals surface area contributed by atoms with Gasteiger partial charge in [-0.2, -0.15) is 0 Å². The fraction of sp³-hybridized carbons (Fsp3) is 0.348. The first-order chi connectivity index (χ1) is 14.9. The molecule has 3 atom stereocenters. The molecule has 0 spiro atoms. The number of phenols is 1. The van der Waals surface area contributed by atoms with Crippen molar-refractivity contribution in [2.24, 2.45) is 17.6 Å². The van der Waals surface area contributed by atoms with E-state index in [-0.39, 0.29) is 36.0 Å². The number of nitrogens with zero attached hydrogens (tertiary/aromatic N) is 1. The number of rotatable bonds is 2.